The molecule has 0 bridgehead atoms. The van der Waals surface area contributed by atoms with E-state index in [0.717, 1.165) is 0 Å². The molecule has 0 spiro atoms. The van der Waals surface area contributed by atoms with Crippen LogP contribution in [0.5, 0.6) is 11.5 Å². The number of aromatic nitrogens is 4. The summed E-state index contributed by atoms with van der Waals surface area (Å²) >= 11 is 0. The smallest absolute Gasteiger partial charge is 0.243 e. The molecular weight excluding hydrogens is 538 g/mol. The SMILES string of the molecule is COc1cccc(OC)c1-n1c(NS(=O)(=O)[C@H]2C[C@@H](O)CN(c3cncc(C#N)c3)C2)nnc1-c1ccc(C)o1. The minimum Gasteiger partial charge on any atom is -0.494 e. The largest absolute Gasteiger partial charge is 0.494 e. The lowest BCUT2D eigenvalue weighted by atomic mass is 10.1. The summed E-state index contributed by atoms with van der Waals surface area (Å²) in [6, 6.07) is 12.2. The number of para-hydroxylation sites is 1. The number of benzene rings is 1. The van der Waals surface area contributed by atoms with Crippen LogP contribution >= 0.6 is 0 Å². The molecule has 0 unspecified atom stereocenters. The number of aliphatic hydroxyl groups is 1. The first-order chi connectivity index (χ1) is 19.2. The lowest BCUT2D eigenvalue weighted by Gasteiger charge is -2.36. The van der Waals surface area contributed by atoms with Gasteiger partial charge in [0.2, 0.25) is 21.8 Å². The highest BCUT2D eigenvalue weighted by Gasteiger charge is 2.37. The second kappa shape index (κ2) is 10.9. The third kappa shape index (κ3) is 5.16. The second-order valence-corrected chi connectivity index (χ2v) is 11.2. The molecule has 14 heteroatoms. The van der Waals surface area contributed by atoms with E-state index in [0.29, 0.717) is 40.0 Å². The van der Waals surface area contributed by atoms with E-state index in [2.05, 4.69) is 19.9 Å². The number of nitriles is 1. The normalized spacial score (nSPS) is 17.3. The number of anilines is 2. The molecule has 1 aliphatic heterocycles. The molecule has 1 aromatic carbocycles. The number of methoxy groups -OCH3 is 2. The zero-order valence-corrected chi connectivity index (χ0v) is 22.8. The lowest BCUT2D eigenvalue weighted by molar-refractivity contribution is 0.155. The number of hydrogen-bond acceptors (Lipinski definition) is 11. The summed E-state index contributed by atoms with van der Waals surface area (Å²) in [5.74, 6) is 1.85. The van der Waals surface area contributed by atoms with Crippen molar-refractivity contribution in [3.05, 3.63) is 60.1 Å². The minimum absolute atomic E-state index is 0.00639. The number of pyridine rings is 1. The molecule has 208 valence electrons. The van der Waals surface area contributed by atoms with Crippen molar-refractivity contribution in [3.8, 4) is 34.8 Å². The average Bonchev–Trinajstić information content (AvgIpc) is 3.57. The Bertz CT molecular complexity index is 1650. The van der Waals surface area contributed by atoms with E-state index in [-0.39, 0.29) is 31.3 Å². The molecule has 0 amide bonds. The minimum atomic E-state index is -4.13. The lowest BCUT2D eigenvalue weighted by Crippen LogP contribution is -2.50. The van der Waals surface area contributed by atoms with Gasteiger partial charge in [-0.25, -0.2) is 8.42 Å². The number of β-amino-alcohol motifs (C(OH)–C–C–N with tert-alkyl or cyclic N) is 1. The van der Waals surface area contributed by atoms with E-state index in [9.17, 15) is 18.8 Å². The molecule has 0 radical (unpaired) electrons. The molecular formula is C26H27N7O6S. The van der Waals surface area contributed by atoms with Crippen LogP contribution in [0.1, 0.15) is 17.7 Å². The second-order valence-electron chi connectivity index (χ2n) is 9.21. The predicted octanol–water partition coefficient (Wildman–Crippen LogP) is 2.50. The van der Waals surface area contributed by atoms with Gasteiger partial charge in [-0.2, -0.15) is 5.26 Å². The number of nitrogens with zero attached hydrogens (tertiary/aromatic N) is 6. The van der Waals surface area contributed by atoms with E-state index >= 15 is 0 Å². The Kier molecular flexibility index (Phi) is 7.33. The molecule has 4 aromatic rings. The first kappa shape index (κ1) is 27.0. The van der Waals surface area contributed by atoms with Crippen LogP contribution in [0.3, 0.4) is 0 Å². The Morgan fingerprint density at radius 2 is 1.88 bits per heavy atom. The molecule has 13 nitrogen and oxygen atoms in total. The number of aryl methyl sites for hydroxylation is 1. The first-order valence-electron chi connectivity index (χ1n) is 12.3. The number of rotatable bonds is 8. The summed E-state index contributed by atoms with van der Waals surface area (Å²) in [6.07, 6.45) is 2.00. The Morgan fingerprint density at radius 1 is 1.12 bits per heavy atom. The highest BCUT2D eigenvalue weighted by atomic mass is 32.2. The molecule has 4 heterocycles. The van der Waals surface area contributed by atoms with E-state index < -0.39 is 21.4 Å². The van der Waals surface area contributed by atoms with Gasteiger partial charge in [-0.3, -0.25) is 14.3 Å². The predicted molar refractivity (Wildman–Crippen MR) is 145 cm³/mol. The van der Waals surface area contributed by atoms with Crippen LogP contribution in [0, 0.1) is 18.3 Å². The number of ether oxygens (including phenoxy) is 2. The molecule has 0 saturated carbocycles. The zero-order chi connectivity index (χ0) is 28.4. The van der Waals surface area contributed by atoms with Gasteiger partial charge in [0.15, 0.2) is 5.76 Å². The third-order valence-electron chi connectivity index (χ3n) is 6.53. The molecule has 1 aliphatic rings. The van der Waals surface area contributed by atoms with Crippen LogP contribution in [-0.4, -0.2) is 71.9 Å². The number of piperidine rings is 1. The maximum absolute atomic E-state index is 13.8. The molecule has 0 aliphatic carbocycles. The molecule has 1 fully saturated rings. The van der Waals surface area contributed by atoms with Crippen LogP contribution in [0.15, 0.2) is 53.2 Å². The summed E-state index contributed by atoms with van der Waals surface area (Å²) in [4.78, 5) is 5.75. The molecule has 5 rings (SSSR count). The maximum Gasteiger partial charge on any atom is 0.243 e. The quantitative estimate of drug-likeness (QED) is 0.322. The standard InChI is InChI=1S/C26H27N7O6S/c1-16-7-8-23(39-16)25-29-30-26(33(25)24-21(37-2)5-4-6-22(24)38-3)31-40(35,36)20-10-19(34)14-32(15-20)18-9-17(11-27)12-28-13-18/h4-9,12-13,19-20,34H,10,14-15H2,1-3H3,(H,30,31)/t19-,20+/m1/s1. The Balaban J connectivity index is 1.55. The number of aliphatic hydroxyl groups excluding tert-OH is 1. The van der Waals surface area contributed by atoms with Crippen LogP contribution in [0.25, 0.3) is 17.3 Å². The van der Waals surface area contributed by atoms with Crippen LogP contribution in [0.4, 0.5) is 11.6 Å². The van der Waals surface area contributed by atoms with Crippen molar-refractivity contribution in [2.75, 3.05) is 36.9 Å². The Hall–Kier alpha value is -4.61. The summed E-state index contributed by atoms with van der Waals surface area (Å²) in [7, 11) is -1.16. The van der Waals surface area contributed by atoms with Crippen molar-refractivity contribution in [1.82, 2.24) is 19.7 Å². The van der Waals surface area contributed by atoms with Crippen molar-refractivity contribution < 1.29 is 27.4 Å². The van der Waals surface area contributed by atoms with Gasteiger partial charge < -0.3 is 23.9 Å². The fourth-order valence-corrected chi connectivity index (χ4v) is 6.07. The zero-order valence-electron chi connectivity index (χ0n) is 22.0. The Morgan fingerprint density at radius 3 is 2.52 bits per heavy atom. The number of sulfonamides is 1. The van der Waals surface area contributed by atoms with Crippen molar-refractivity contribution >= 4 is 21.7 Å². The van der Waals surface area contributed by atoms with Crippen LogP contribution < -0.4 is 19.1 Å². The van der Waals surface area contributed by atoms with Crippen LogP contribution in [-0.2, 0) is 10.0 Å². The third-order valence-corrected chi connectivity index (χ3v) is 8.22. The Labute approximate surface area is 230 Å². The van der Waals surface area contributed by atoms with Gasteiger partial charge in [0.25, 0.3) is 0 Å². The van der Waals surface area contributed by atoms with Crippen molar-refractivity contribution in [3.63, 3.8) is 0 Å². The average molecular weight is 566 g/mol. The van der Waals surface area contributed by atoms with E-state index in [1.54, 1.807) is 48.2 Å². The summed E-state index contributed by atoms with van der Waals surface area (Å²) < 4.78 is 48.5. The number of nitrogens with one attached hydrogen (secondary N) is 1. The topological polar surface area (TPSA) is 169 Å². The molecule has 1 saturated heterocycles. The summed E-state index contributed by atoms with van der Waals surface area (Å²) in [6.45, 7) is 2.03. The summed E-state index contributed by atoms with van der Waals surface area (Å²) in [5, 5.41) is 27.2. The van der Waals surface area contributed by atoms with Gasteiger partial charge in [-0.1, -0.05) is 6.07 Å². The number of furan rings is 1. The van der Waals surface area contributed by atoms with Crippen molar-refractivity contribution in [2.24, 2.45) is 0 Å². The highest BCUT2D eigenvalue weighted by Crippen LogP contribution is 2.38. The monoisotopic (exact) mass is 565 g/mol. The van der Waals surface area contributed by atoms with Gasteiger partial charge in [0, 0.05) is 19.3 Å². The van der Waals surface area contributed by atoms with Crippen LogP contribution in [0.2, 0.25) is 0 Å². The van der Waals surface area contributed by atoms with E-state index in [1.807, 2.05) is 6.07 Å². The van der Waals surface area contributed by atoms with E-state index in [4.69, 9.17) is 13.9 Å². The molecule has 2 N–H and O–H groups in total. The van der Waals surface area contributed by atoms with Crippen molar-refractivity contribution in [2.45, 2.75) is 24.7 Å². The highest BCUT2D eigenvalue weighted by molar-refractivity contribution is 7.93. The maximum atomic E-state index is 13.8. The fraction of sp³-hybridized carbons (Fsp3) is 0.308. The van der Waals surface area contributed by atoms with Gasteiger partial charge in [0.05, 0.1) is 37.8 Å². The van der Waals surface area contributed by atoms with Gasteiger partial charge >= 0.3 is 0 Å². The van der Waals surface area contributed by atoms with Gasteiger partial charge in [0.1, 0.15) is 34.3 Å². The van der Waals surface area contributed by atoms with Crippen molar-refractivity contribution in [1.29, 1.82) is 5.26 Å². The van der Waals surface area contributed by atoms with Gasteiger partial charge in [-0.15, -0.1) is 10.2 Å². The summed E-state index contributed by atoms with van der Waals surface area (Å²) in [5.41, 5.74) is 1.23. The van der Waals surface area contributed by atoms with Gasteiger partial charge in [-0.05, 0) is 43.7 Å². The molecule has 2 atom stereocenters. The molecule has 3 aromatic heterocycles. The first-order valence-corrected chi connectivity index (χ1v) is 13.8. The number of hydrogen-bond donors (Lipinski definition) is 2. The van der Waals surface area contributed by atoms with E-state index in [1.165, 1.54) is 31.2 Å². The molecule has 40 heavy (non-hydrogen) atoms. The fourth-order valence-electron chi connectivity index (χ4n) is 4.66.